The lowest BCUT2D eigenvalue weighted by Gasteiger charge is -2.12. The standard InChI is InChI=1S/C24H26N2OS.C23H24N2OS/c1-6-13-27-20-11-12-22-21(14-20)23(26-24(25-22)28-15-16(2)3)19-9-7-18(8-10-19)17(4)5;1-6-13-26-19-11-12-21-20(14-19)22(25-23(24-21)27-16(4)5)18-9-7-17(8-10-18)15(2)3/h1,7-12,14,16-17H,13,15H2,2-5H3;1,7-12,14-16H,13H2,2-5H3. The highest BCUT2D eigenvalue weighted by Crippen LogP contribution is 2.34. The molecule has 0 bridgehead atoms. The van der Waals surface area contributed by atoms with Gasteiger partial charge in [-0.15, -0.1) is 12.8 Å². The first kappa shape index (κ1) is 41.1. The van der Waals surface area contributed by atoms with Crippen LogP contribution >= 0.6 is 23.5 Å². The van der Waals surface area contributed by atoms with Crippen LogP contribution in [0.2, 0.25) is 0 Å². The van der Waals surface area contributed by atoms with Gasteiger partial charge in [0.15, 0.2) is 10.3 Å². The molecule has 0 spiro atoms. The van der Waals surface area contributed by atoms with Crippen LogP contribution < -0.4 is 9.47 Å². The van der Waals surface area contributed by atoms with Gasteiger partial charge in [-0.3, -0.25) is 0 Å². The molecule has 0 fully saturated rings. The van der Waals surface area contributed by atoms with E-state index in [1.807, 2.05) is 36.4 Å². The van der Waals surface area contributed by atoms with Crippen LogP contribution in [0.25, 0.3) is 44.3 Å². The summed E-state index contributed by atoms with van der Waals surface area (Å²) in [6.07, 6.45) is 10.6. The fourth-order valence-electron chi connectivity index (χ4n) is 5.66. The molecule has 0 amide bonds. The third-order valence-corrected chi connectivity index (χ3v) is 10.7. The minimum Gasteiger partial charge on any atom is -0.481 e. The van der Waals surface area contributed by atoms with Gasteiger partial charge in [0.25, 0.3) is 0 Å². The van der Waals surface area contributed by atoms with Crippen molar-refractivity contribution in [3.63, 3.8) is 0 Å². The summed E-state index contributed by atoms with van der Waals surface area (Å²) < 4.78 is 11.2. The molecular weight excluding hydrogens is 717 g/mol. The second-order valence-electron chi connectivity index (χ2n) is 14.5. The van der Waals surface area contributed by atoms with Crippen molar-refractivity contribution in [1.82, 2.24) is 19.9 Å². The second kappa shape index (κ2) is 19.5. The Bertz CT molecular complexity index is 2290. The van der Waals surface area contributed by atoms with Gasteiger partial charge in [-0.25, -0.2) is 19.9 Å². The molecule has 2 aromatic heterocycles. The van der Waals surface area contributed by atoms with Gasteiger partial charge < -0.3 is 9.47 Å². The topological polar surface area (TPSA) is 70.0 Å². The van der Waals surface area contributed by atoms with Gasteiger partial charge >= 0.3 is 0 Å². The van der Waals surface area contributed by atoms with Gasteiger partial charge in [-0.05, 0) is 65.3 Å². The molecule has 282 valence electrons. The fourth-order valence-corrected chi connectivity index (χ4v) is 7.18. The van der Waals surface area contributed by atoms with E-state index in [1.54, 1.807) is 23.5 Å². The summed E-state index contributed by atoms with van der Waals surface area (Å²) in [5, 5.41) is 3.95. The zero-order valence-corrected chi connectivity index (χ0v) is 34.7. The molecule has 0 aliphatic heterocycles. The molecule has 55 heavy (non-hydrogen) atoms. The molecule has 0 N–H and O–H groups in total. The highest BCUT2D eigenvalue weighted by Gasteiger charge is 2.15. The third kappa shape index (κ3) is 11.3. The van der Waals surface area contributed by atoms with Gasteiger partial charge in [0, 0.05) is 32.9 Å². The predicted molar refractivity (Wildman–Crippen MR) is 233 cm³/mol. The Labute approximate surface area is 335 Å². The molecule has 0 saturated carbocycles. The van der Waals surface area contributed by atoms with Crippen molar-refractivity contribution in [3.8, 4) is 58.7 Å². The van der Waals surface area contributed by atoms with E-state index in [0.29, 0.717) is 23.0 Å². The number of nitrogens with zero attached hydrogens (tertiary/aromatic N) is 4. The molecule has 8 heteroatoms. The highest BCUT2D eigenvalue weighted by molar-refractivity contribution is 7.99. The quantitative estimate of drug-likeness (QED) is 0.0654. The van der Waals surface area contributed by atoms with Crippen molar-refractivity contribution in [2.75, 3.05) is 19.0 Å². The van der Waals surface area contributed by atoms with Gasteiger partial charge in [0.2, 0.25) is 0 Å². The van der Waals surface area contributed by atoms with Crippen molar-refractivity contribution < 1.29 is 9.47 Å². The molecule has 0 radical (unpaired) electrons. The molecule has 0 aliphatic carbocycles. The Kier molecular flexibility index (Phi) is 14.6. The van der Waals surface area contributed by atoms with Crippen LogP contribution in [0.15, 0.2) is 95.2 Å². The van der Waals surface area contributed by atoms with Gasteiger partial charge in [0.05, 0.1) is 22.4 Å². The SMILES string of the molecule is C#CCOc1ccc2nc(SC(C)C)nc(-c3ccc(C(C)C)cc3)c2c1.C#CCOc1ccc2nc(SCC(C)C)nc(-c3ccc(C(C)C)cc3)c2c1. The molecule has 0 aliphatic rings. The Morgan fingerprint density at radius 1 is 0.564 bits per heavy atom. The van der Waals surface area contributed by atoms with Crippen LogP contribution in [0, 0.1) is 30.6 Å². The minimum absolute atomic E-state index is 0.242. The van der Waals surface area contributed by atoms with Crippen molar-refractivity contribution >= 4 is 45.3 Å². The maximum atomic E-state index is 5.62. The highest BCUT2D eigenvalue weighted by atomic mass is 32.2. The molecule has 4 aromatic carbocycles. The van der Waals surface area contributed by atoms with Crippen LogP contribution in [-0.2, 0) is 0 Å². The Hall–Kier alpha value is -5.02. The van der Waals surface area contributed by atoms with E-state index in [-0.39, 0.29) is 13.2 Å². The minimum atomic E-state index is 0.242. The summed E-state index contributed by atoms with van der Waals surface area (Å²) in [5.41, 5.74) is 8.45. The first-order valence-electron chi connectivity index (χ1n) is 18.7. The number of hydrogen-bond acceptors (Lipinski definition) is 8. The average molecular weight is 767 g/mol. The molecule has 6 nitrogen and oxygen atoms in total. The fraction of sp³-hybridized carbons (Fsp3) is 0.319. The third-order valence-electron chi connectivity index (χ3n) is 8.53. The van der Waals surface area contributed by atoms with Crippen molar-refractivity contribution in [2.24, 2.45) is 5.92 Å². The normalized spacial score (nSPS) is 11.2. The van der Waals surface area contributed by atoms with Crippen LogP contribution in [0.4, 0.5) is 0 Å². The zero-order valence-electron chi connectivity index (χ0n) is 33.1. The number of fused-ring (bicyclic) bond motifs is 2. The lowest BCUT2D eigenvalue weighted by molar-refractivity contribution is 0.371. The number of thioether (sulfide) groups is 2. The Balaban J connectivity index is 0.000000211. The van der Waals surface area contributed by atoms with E-state index in [9.17, 15) is 0 Å². The monoisotopic (exact) mass is 766 g/mol. The second-order valence-corrected chi connectivity index (χ2v) is 17.0. The number of terminal acetylenes is 2. The molecule has 2 heterocycles. The van der Waals surface area contributed by atoms with E-state index in [1.165, 1.54) is 11.1 Å². The zero-order chi connectivity index (χ0) is 39.5. The van der Waals surface area contributed by atoms with Gasteiger partial charge in [-0.1, -0.05) is 139 Å². The van der Waals surface area contributed by atoms with Crippen molar-refractivity contribution in [2.45, 2.75) is 82.8 Å². The lowest BCUT2D eigenvalue weighted by Crippen LogP contribution is -1.99. The van der Waals surface area contributed by atoms with E-state index in [2.05, 4.69) is 116 Å². The van der Waals surface area contributed by atoms with E-state index < -0.39 is 0 Å². The van der Waals surface area contributed by atoms with E-state index >= 15 is 0 Å². The molecule has 0 saturated heterocycles. The molecule has 6 rings (SSSR count). The number of rotatable bonds is 13. The molecule has 0 atom stereocenters. The smallest absolute Gasteiger partial charge is 0.188 e. The number of ether oxygens (including phenoxy) is 2. The van der Waals surface area contributed by atoms with Crippen molar-refractivity contribution in [1.29, 1.82) is 0 Å². The molecular formula is C47H50N4O2S2. The molecule has 0 unspecified atom stereocenters. The van der Waals surface area contributed by atoms with Crippen LogP contribution in [-0.4, -0.2) is 44.2 Å². The Morgan fingerprint density at radius 3 is 1.40 bits per heavy atom. The van der Waals surface area contributed by atoms with E-state index in [0.717, 1.165) is 71.9 Å². The largest absolute Gasteiger partial charge is 0.481 e. The average Bonchev–Trinajstić information content (AvgIpc) is 3.18. The predicted octanol–water partition coefficient (Wildman–Crippen LogP) is 12.1. The van der Waals surface area contributed by atoms with E-state index in [4.69, 9.17) is 42.3 Å². The van der Waals surface area contributed by atoms with Crippen LogP contribution in [0.5, 0.6) is 11.5 Å². The summed E-state index contributed by atoms with van der Waals surface area (Å²) >= 11 is 3.37. The summed E-state index contributed by atoms with van der Waals surface area (Å²) in [5.74, 6) is 9.03. The maximum Gasteiger partial charge on any atom is 0.188 e. The first-order chi connectivity index (χ1) is 26.4. The van der Waals surface area contributed by atoms with Crippen LogP contribution in [0.3, 0.4) is 0 Å². The van der Waals surface area contributed by atoms with Gasteiger partial charge in [-0.2, -0.15) is 0 Å². The number of benzene rings is 4. The lowest BCUT2D eigenvalue weighted by atomic mass is 9.99. The summed E-state index contributed by atoms with van der Waals surface area (Å²) in [6.45, 7) is 18.0. The van der Waals surface area contributed by atoms with Crippen LogP contribution in [0.1, 0.15) is 78.4 Å². The Morgan fingerprint density at radius 2 is 1.00 bits per heavy atom. The summed E-state index contributed by atoms with van der Waals surface area (Å²) in [7, 11) is 0. The number of aromatic nitrogens is 4. The summed E-state index contributed by atoms with van der Waals surface area (Å²) in [4.78, 5) is 19.2. The maximum absolute atomic E-state index is 5.62. The van der Waals surface area contributed by atoms with Crippen molar-refractivity contribution in [3.05, 3.63) is 96.1 Å². The molecule has 6 aromatic rings. The van der Waals surface area contributed by atoms with Gasteiger partial charge in [0.1, 0.15) is 24.7 Å². The summed E-state index contributed by atoms with van der Waals surface area (Å²) in [6, 6.07) is 29.0. The first-order valence-corrected chi connectivity index (χ1v) is 20.6. The number of hydrogen-bond donors (Lipinski definition) is 0.